The van der Waals surface area contributed by atoms with Crippen molar-refractivity contribution < 1.29 is 9.53 Å². The molecule has 1 atom stereocenters. The molecule has 1 rings (SSSR count). The van der Waals surface area contributed by atoms with Gasteiger partial charge < -0.3 is 4.74 Å². The zero-order chi connectivity index (χ0) is 14.5. The Balaban J connectivity index is 2.10. The van der Waals surface area contributed by atoms with Gasteiger partial charge >= 0.3 is 5.97 Å². The SMILES string of the molecule is CCCCCCCCCC1CCCCCCCC(=O)O1. The van der Waals surface area contributed by atoms with Gasteiger partial charge in [-0.2, -0.15) is 0 Å². The van der Waals surface area contributed by atoms with Crippen LogP contribution in [0.3, 0.4) is 0 Å². The highest BCUT2D eigenvalue weighted by atomic mass is 16.5. The third-order valence-corrected chi connectivity index (χ3v) is 4.33. The highest BCUT2D eigenvalue weighted by molar-refractivity contribution is 5.69. The van der Waals surface area contributed by atoms with E-state index in [0.717, 1.165) is 19.3 Å². The molecule has 0 aromatic heterocycles. The number of rotatable bonds is 8. The molecule has 0 radical (unpaired) electrons. The molecule has 0 bridgehead atoms. The number of hydrogen-bond acceptors (Lipinski definition) is 2. The third kappa shape index (κ3) is 9.39. The second kappa shape index (κ2) is 12.2. The zero-order valence-corrected chi connectivity index (χ0v) is 13.5. The lowest BCUT2D eigenvalue weighted by molar-refractivity contribution is -0.150. The molecular weight excluding hydrogens is 248 g/mol. The predicted molar refractivity (Wildman–Crippen MR) is 84.8 cm³/mol. The number of ether oxygens (including phenoxy) is 1. The van der Waals surface area contributed by atoms with Gasteiger partial charge in [0.1, 0.15) is 6.10 Å². The van der Waals surface area contributed by atoms with E-state index < -0.39 is 0 Å². The minimum atomic E-state index is 0.0415. The Kier molecular flexibility index (Phi) is 10.7. The summed E-state index contributed by atoms with van der Waals surface area (Å²) in [4.78, 5) is 11.7. The van der Waals surface area contributed by atoms with E-state index in [1.807, 2.05) is 0 Å². The van der Waals surface area contributed by atoms with Crippen molar-refractivity contribution in [2.45, 2.75) is 109 Å². The maximum atomic E-state index is 11.7. The average Bonchev–Trinajstić information content (AvgIpc) is 2.45. The van der Waals surface area contributed by atoms with Crippen LogP contribution in [0.2, 0.25) is 0 Å². The van der Waals surface area contributed by atoms with E-state index in [-0.39, 0.29) is 12.1 Å². The summed E-state index contributed by atoms with van der Waals surface area (Å²) in [6.45, 7) is 2.26. The minimum Gasteiger partial charge on any atom is -0.462 e. The van der Waals surface area contributed by atoms with Crippen LogP contribution in [0.25, 0.3) is 0 Å². The van der Waals surface area contributed by atoms with Crippen LogP contribution in [0.1, 0.15) is 103 Å². The van der Waals surface area contributed by atoms with Gasteiger partial charge in [-0.3, -0.25) is 4.79 Å². The first-order chi connectivity index (χ1) is 9.83. The lowest BCUT2D eigenvalue weighted by atomic mass is 10.0. The summed E-state index contributed by atoms with van der Waals surface area (Å²) < 4.78 is 5.63. The van der Waals surface area contributed by atoms with Crippen molar-refractivity contribution >= 4 is 5.97 Å². The largest absolute Gasteiger partial charge is 0.462 e. The van der Waals surface area contributed by atoms with Crippen LogP contribution < -0.4 is 0 Å². The summed E-state index contributed by atoms with van der Waals surface area (Å²) in [6, 6.07) is 0. The highest BCUT2D eigenvalue weighted by Crippen LogP contribution is 2.19. The van der Waals surface area contributed by atoms with Crippen molar-refractivity contribution in [3.63, 3.8) is 0 Å². The van der Waals surface area contributed by atoms with E-state index in [0.29, 0.717) is 6.42 Å². The summed E-state index contributed by atoms with van der Waals surface area (Å²) in [5.41, 5.74) is 0. The van der Waals surface area contributed by atoms with Gasteiger partial charge in [-0.15, -0.1) is 0 Å². The fraction of sp³-hybridized carbons (Fsp3) is 0.944. The fourth-order valence-electron chi connectivity index (χ4n) is 3.01. The van der Waals surface area contributed by atoms with E-state index >= 15 is 0 Å². The van der Waals surface area contributed by atoms with Crippen molar-refractivity contribution in [3.05, 3.63) is 0 Å². The van der Waals surface area contributed by atoms with Crippen LogP contribution in [0.4, 0.5) is 0 Å². The van der Waals surface area contributed by atoms with Crippen LogP contribution in [-0.4, -0.2) is 12.1 Å². The molecule has 0 amide bonds. The molecule has 1 saturated heterocycles. The minimum absolute atomic E-state index is 0.0415. The van der Waals surface area contributed by atoms with Crippen LogP contribution in [0, 0.1) is 0 Å². The molecule has 1 unspecified atom stereocenters. The van der Waals surface area contributed by atoms with Crippen molar-refractivity contribution in [1.82, 2.24) is 0 Å². The zero-order valence-electron chi connectivity index (χ0n) is 13.5. The highest BCUT2D eigenvalue weighted by Gasteiger charge is 2.15. The summed E-state index contributed by atoms with van der Waals surface area (Å²) in [6.07, 6.45) is 18.4. The standard InChI is InChI=1S/C18H34O2/c1-2-3-4-5-6-8-11-14-17-15-12-9-7-10-13-16-18(19)20-17/h17H,2-16H2,1H3. The topological polar surface area (TPSA) is 26.3 Å². The van der Waals surface area contributed by atoms with E-state index in [1.54, 1.807) is 0 Å². The number of carbonyl (C=O) groups excluding carboxylic acids is 1. The maximum Gasteiger partial charge on any atom is 0.306 e. The fourth-order valence-corrected chi connectivity index (χ4v) is 3.01. The summed E-state index contributed by atoms with van der Waals surface area (Å²) in [5, 5.41) is 0. The maximum absolute atomic E-state index is 11.7. The molecule has 0 aromatic carbocycles. The Hall–Kier alpha value is -0.530. The van der Waals surface area contributed by atoms with Crippen molar-refractivity contribution in [2.75, 3.05) is 0 Å². The molecular formula is C18H34O2. The Morgan fingerprint density at radius 1 is 0.900 bits per heavy atom. The van der Waals surface area contributed by atoms with Crippen LogP contribution in [-0.2, 0) is 9.53 Å². The van der Waals surface area contributed by atoms with Gasteiger partial charge in [0.2, 0.25) is 0 Å². The van der Waals surface area contributed by atoms with Gasteiger partial charge in [-0.1, -0.05) is 64.7 Å². The molecule has 0 N–H and O–H groups in total. The molecule has 0 aromatic rings. The molecule has 2 nitrogen and oxygen atoms in total. The van der Waals surface area contributed by atoms with E-state index in [4.69, 9.17) is 4.74 Å². The van der Waals surface area contributed by atoms with Gasteiger partial charge in [0.25, 0.3) is 0 Å². The first-order valence-electron chi connectivity index (χ1n) is 9.02. The van der Waals surface area contributed by atoms with Crippen molar-refractivity contribution in [2.24, 2.45) is 0 Å². The van der Waals surface area contributed by atoms with E-state index in [1.165, 1.54) is 70.6 Å². The molecule has 2 heteroatoms. The summed E-state index contributed by atoms with van der Waals surface area (Å²) in [5.74, 6) is 0.0415. The Morgan fingerprint density at radius 3 is 2.35 bits per heavy atom. The van der Waals surface area contributed by atoms with Gasteiger partial charge in [-0.25, -0.2) is 0 Å². The Labute approximate surface area is 125 Å². The molecule has 0 aliphatic carbocycles. The second-order valence-electron chi connectivity index (χ2n) is 6.33. The Morgan fingerprint density at radius 2 is 1.55 bits per heavy atom. The Bertz CT molecular complexity index is 238. The summed E-state index contributed by atoms with van der Waals surface area (Å²) >= 11 is 0. The number of esters is 1. The van der Waals surface area contributed by atoms with Gasteiger partial charge in [0.05, 0.1) is 0 Å². The summed E-state index contributed by atoms with van der Waals surface area (Å²) in [7, 11) is 0. The predicted octanol–water partition coefficient (Wildman–Crippen LogP) is 5.78. The molecule has 118 valence electrons. The normalized spacial score (nSPS) is 21.4. The molecule has 20 heavy (non-hydrogen) atoms. The second-order valence-corrected chi connectivity index (χ2v) is 6.33. The first-order valence-corrected chi connectivity index (χ1v) is 9.02. The lowest BCUT2D eigenvalue weighted by Gasteiger charge is -2.19. The van der Waals surface area contributed by atoms with Crippen LogP contribution in [0.15, 0.2) is 0 Å². The first kappa shape index (κ1) is 17.5. The van der Waals surface area contributed by atoms with Gasteiger partial charge in [-0.05, 0) is 32.1 Å². The number of carbonyl (C=O) groups is 1. The van der Waals surface area contributed by atoms with Crippen molar-refractivity contribution in [3.8, 4) is 0 Å². The monoisotopic (exact) mass is 282 g/mol. The van der Waals surface area contributed by atoms with Crippen LogP contribution in [0.5, 0.6) is 0 Å². The smallest absolute Gasteiger partial charge is 0.306 e. The average molecular weight is 282 g/mol. The van der Waals surface area contributed by atoms with Gasteiger partial charge in [0, 0.05) is 6.42 Å². The van der Waals surface area contributed by atoms with Crippen LogP contribution >= 0.6 is 0 Å². The molecule has 1 aliphatic rings. The molecule has 1 heterocycles. The quantitative estimate of drug-likeness (QED) is 0.416. The van der Waals surface area contributed by atoms with Gasteiger partial charge in [0.15, 0.2) is 0 Å². The van der Waals surface area contributed by atoms with E-state index in [2.05, 4.69) is 6.92 Å². The number of cyclic esters (lactones) is 1. The van der Waals surface area contributed by atoms with Crippen molar-refractivity contribution in [1.29, 1.82) is 0 Å². The third-order valence-electron chi connectivity index (χ3n) is 4.33. The molecule has 1 fully saturated rings. The molecule has 1 aliphatic heterocycles. The number of hydrogen-bond donors (Lipinski definition) is 0. The molecule has 0 saturated carbocycles. The molecule has 0 spiro atoms. The number of unbranched alkanes of at least 4 members (excludes halogenated alkanes) is 6. The van der Waals surface area contributed by atoms with E-state index in [9.17, 15) is 4.79 Å². The lowest BCUT2D eigenvalue weighted by Crippen LogP contribution is -2.19.